The number of nitrogens with one attached hydrogen (secondary N) is 1. The average Bonchev–Trinajstić information content (AvgIpc) is 3.20. The molecule has 3 aromatic rings. The third-order valence-electron chi connectivity index (χ3n) is 4.10. The second kappa shape index (κ2) is 8.50. The summed E-state index contributed by atoms with van der Waals surface area (Å²) in [5.74, 6) is 1.39. The Hall–Kier alpha value is -2.77. The second-order valence-corrected chi connectivity index (χ2v) is 7.13. The van der Waals surface area contributed by atoms with Crippen LogP contribution in [0.4, 0.5) is 5.69 Å². The van der Waals surface area contributed by atoms with Crippen LogP contribution in [0.1, 0.15) is 16.1 Å². The summed E-state index contributed by atoms with van der Waals surface area (Å²) >= 11 is 7.48. The van der Waals surface area contributed by atoms with Gasteiger partial charge in [-0.1, -0.05) is 11.6 Å². The number of amides is 1. The Labute approximate surface area is 172 Å². The van der Waals surface area contributed by atoms with E-state index in [0.717, 1.165) is 11.1 Å². The first-order chi connectivity index (χ1) is 13.5. The van der Waals surface area contributed by atoms with Crippen molar-refractivity contribution in [3.05, 3.63) is 52.0 Å². The number of carbonyl (C=O) groups is 1. The van der Waals surface area contributed by atoms with Gasteiger partial charge in [-0.25, -0.2) is 4.98 Å². The maximum atomic E-state index is 12.6. The minimum atomic E-state index is -0.331. The number of aromatic nitrogens is 1. The number of methoxy groups -OCH3 is 3. The molecule has 2 aromatic carbocycles. The van der Waals surface area contributed by atoms with E-state index in [9.17, 15) is 4.79 Å². The summed E-state index contributed by atoms with van der Waals surface area (Å²) < 4.78 is 15.9. The number of thiazole rings is 1. The minimum absolute atomic E-state index is 0.310. The quantitative estimate of drug-likeness (QED) is 0.606. The topological polar surface area (TPSA) is 69.7 Å². The van der Waals surface area contributed by atoms with Crippen LogP contribution in [0.25, 0.3) is 10.6 Å². The number of nitrogens with zero attached hydrogens (tertiary/aromatic N) is 1. The van der Waals surface area contributed by atoms with Crippen molar-refractivity contribution < 1.29 is 19.0 Å². The maximum absolute atomic E-state index is 12.6. The molecule has 3 rings (SSSR count). The fraction of sp³-hybridized carbons (Fsp3) is 0.200. The van der Waals surface area contributed by atoms with Gasteiger partial charge in [0.1, 0.15) is 16.5 Å². The molecule has 0 aliphatic rings. The third-order valence-corrected chi connectivity index (χ3v) is 5.39. The van der Waals surface area contributed by atoms with Gasteiger partial charge in [0.05, 0.1) is 27.0 Å². The highest BCUT2D eigenvalue weighted by Crippen LogP contribution is 2.34. The van der Waals surface area contributed by atoms with Crippen LogP contribution >= 0.6 is 22.9 Å². The van der Waals surface area contributed by atoms with Crippen LogP contribution < -0.4 is 19.5 Å². The Balaban J connectivity index is 1.84. The number of ether oxygens (including phenoxy) is 3. The largest absolute Gasteiger partial charge is 0.495 e. The number of halogens is 1. The Kier molecular flexibility index (Phi) is 6.06. The molecule has 0 radical (unpaired) electrons. The van der Waals surface area contributed by atoms with Gasteiger partial charge < -0.3 is 19.5 Å². The van der Waals surface area contributed by atoms with Crippen molar-refractivity contribution in [1.29, 1.82) is 0 Å². The van der Waals surface area contributed by atoms with Crippen LogP contribution in [-0.2, 0) is 0 Å². The van der Waals surface area contributed by atoms with Crippen molar-refractivity contribution >= 4 is 34.5 Å². The zero-order valence-corrected chi connectivity index (χ0v) is 17.4. The van der Waals surface area contributed by atoms with Crippen LogP contribution in [0.3, 0.4) is 0 Å². The van der Waals surface area contributed by atoms with E-state index in [2.05, 4.69) is 10.3 Å². The molecule has 0 unspecified atom stereocenters. The maximum Gasteiger partial charge on any atom is 0.275 e. The van der Waals surface area contributed by atoms with E-state index in [-0.39, 0.29) is 5.91 Å². The molecule has 8 heteroatoms. The fourth-order valence-corrected chi connectivity index (χ4v) is 3.55. The van der Waals surface area contributed by atoms with Crippen LogP contribution in [0, 0.1) is 6.92 Å². The number of aryl methyl sites for hydroxylation is 1. The zero-order valence-electron chi connectivity index (χ0n) is 15.8. The summed E-state index contributed by atoms with van der Waals surface area (Å²) in [7, 11) is 4.68. The molecular formula is C20H19ClN2O4S. The van der Waals surface area contributed by atoms with Crippen molar-refractivity contribution in [2.75, 3.05) is 26.6 Å². The summed E-state index contributed by atoms with van der Waals surface area (Å²) in [6.07, 6.45) is 0. The van der Waals surface area contributed by atoms with Gasteiger partial charge in [0.15, 0.2) is 11.5 Å². The van der Waals surface area contributed by atoms with E-state index in [4.69, 9.17) is 25.8 Å². The molecule has 0 fully saturated rings. The molecule has 0 bridgehead atoms. The molecule has 0 aliphatic heterocycles. The summed E-state index contributed by atoms with van der Waals surface area (Å²) in [6, 6.07) is 8.93. The monoisotopic (exact) mass is 418 g/mol. The molecule has 0 atom stereocenters. The predicted octanol–water partition coefficient (Wildman–Crippen LogP) is 5.05. The molecule has 0 aliphatic carbocycles. The van der Waals surface area contributed by atoms with Crippen molar-refractivity contribution in [3.63, 3.8) is 0 Å². The fourth-order valence-electron chi connectivity index (χ4n) is 2.60. The highest BCUT2D eigenvalue weighted by molar-refractivity contribution is 7.13. The Morgan fingerprint density at radius 1 is 1.04 bits per heavy atom. The number of rotatable bonds is 6. The van der Waals surface area contributed by atoms with Gasteiger partial charge in [0, 0.05) is 22.0 Å². The molecule has 1 aromatic heterocycles. The van der Waals surface area contributed by atoms with E-state index >= 15 is 0 Å². The lowest BCUT2D eigenvalue weighted by Crippen LogP contribution is -2.13. The van der Waals surface area contributed by atoms with Crippen LogP contribution in [0.5, 0.6) is 17.2 Å². The number of hydrogen-bond acceptors (Lipinski definition) is 6. The summed E-state index contributed by atoms with van der Waals surface area (Å²) in [5.41, 5.74) is 2.52. The first-order valence-corrected chi connectivity index (χ1v) is 9.56. The van der Waals surface area contributed by atoms with Gasteiger partial charge in [0.2, 0.25) is 0 Å². The van der Waals surface area contributed by atoms with E-state index in [1.54, 1.807) is 37.8 Å². The first-order valence-electron chi connectivity index (χ1n) is 8.30. The minimum Gasteiger partial charge on any atom is -0.495 e. The van der Waals surface area contributed by atoms with Gasteiger partial charge in [-0.3, -0.25) is 4.79 Å². The number of anilines is 1. The Morgan fingerprint density at radius 2 is 1.75 bits per heavy atom. The summed E-state index contributed by atoms with van der Waals surface area (Å²) in [5, 5.41) is 5.80. The number of hydrogen-bond donors (Lipinski definition) is 1. The molecule has 1 amide bonds. The summed E-state index contributed by atoms with van der Waals surface area (Å²) in [6.45, 7) is 1.86. The lowest BCUT2D eigenvalue weighted by molar-refractivity contribution is 0.102. The lowest BCUT2D eigenvalue weighted by atomic mass is 10.2. The number of carbonyl (C=O) groups excluding carboxylic acids is 1. The molecule has 1 heterocycles. The van der Waals surface area contributed by atoms with Gasteiger partial charge in [-0.05, 0) is 36.8 Å². The van der Waals surface area contributed by atoms with E-state index in [0.29, 0.717) is 38.7 Å². The molecule has 0 saturated heterocycles. The highest BCUT2D eigenvalue weighted by Gasteiger charge is 2.16. The van der Waals surface area contributed by atoms with E-state index < -0.39 is 0 Å². The molecule has 146 valence electrons. The van der Waals surface area contributed by atoms with Crippen LogP contribution in [0.2, 0.25) is 5.02 Å². The molecule has 0 saturated carbocycles. The van der Waals surface area contributed by atoms with Gasteiger partial charge in [0.25, 0.3) is 5.91 Å². The van der Waals surface area contributed by atoms with Crippen LogP contribution in [0.15, 0.2) is 35.7 Å². The van der Waals surface area contributed by atoms with Crippen molar-refractivity contribution in [2.24, 2.45) is 0 Å². The number of benzene rings is 2. The Bertz CT molecular complexity index is 1020. The van der Waals surface area contributed by atoms with Crippen molar-refractivity contribution in [2.45, 2.75) is 6.92 Å². The molecule has 0 spiro atoms. The zero-order chi connectivity index (χ0) is 20.3. The molecule has 6 nitrogen and oxygen atoms in total. The summed E-state index contributed by atoms with van der Waals surface area (Å²) in [4.78, 5) is 17.1. The van der Waals surface area contributed by atoms with E-state index in [1.165, 1.54) is 18.4 Å². The Morgan fingerprint density at radius 3 is 2.43 bits per heavy atom. The lowest BCUT2D eigenvalue weighted by Gasteiger charge is -2.11. The molecular weight excluding hydrogens is 400 g/mol. The first kappa shape index (κ1) is 20.0. The van der Waals surface area contributed by atoms with Crippen LogP contribution in [-0.4, -0.2) is 32.2 Å². The molecule has 28 heavy (non-hydrogen) atoms. The normalized spacial score (nSPS) is 10.5. The molecule has 1 N–H and O–H groups in total. The second-order valence-electron chi connectivity index (χ2n) is 5.86. The standard InChI is InChI=1S/C20H19ClN2O4S/c1-11-7-14(17(26-3)9-13(11)21)22-19(24)15-10-28-20(23-15)12-5-6-16(25-2)18(8-12)27-4/h5-10H,1-4H3,(H,22,24). The van der Waals surface area contributed by atoms with Crippen molar-refractivity contribution in [3.8, 4) is 27.8 Å². The van der Waals surface area contributed by atoms with Gasteiger partial charge in [-0.15, -0.1) is 11.3 Å². The smallest absolute Gasteiger partial charge is 0.275 e. The van der Waals surface area contributed by atoms with Crippen molar-refractivity contribution in [1.82, 2.24) is 4.98 Å². The average molecular weight is 419 g/mol. The van der Waals surface area contributed by atoms with Gasteiger partial charge in [-0.2, -0.15) is 0 Å². The predicted molar refractivity (Wildman–Crippen MR) is 111 cm³/mol. The SMILES string of the molecule is COc1cc(Cl)c(C)cc1NC(=O)c1csc(-c2ccc(OC)c(OC)c2)n1. The van der Waals surface area contributed by atoms with Gasteiger partial charge >= 0.3 is 0 Å². The van der Waals surface area contributed by atoms with E-state index in [1.807, 2.05) is 19.1 Å². The highest BCUT2D eigenvalue weighted by atomic mass is 35.5. The third kappa shape index (κ3) is 4.05.